The van der Waals surface area contributed by atoms with E-state index in [1.165, 1.54) is 5.56 Å². The molecule has 0 saturated carbocycles. The standard InChI is InChI=1S/C16H18N2O2/c1-2-13-5-6-14(20-13)10-17-12-4-7-15-11(9-12)3-8-16(19)18-15/h4-7,9,17H,2-3,8,10H2,1H3,(H,18,19). The minimum atomic E-state index is 0.0980. The Bertz CT molecular complexity index is 631. The van der Waals surface area contributed by atoms with Gasteiger partial charge in [0.1, 0.15) is 11.5 Å². The molecule has 0 spiro atoms. The highest BCUT2D eigenvalue weighted by Gasteiger charge is 2.14. The van der Waals surface area contributed by atoms with Crippen LogP contribution >= 0.6 is 0 Å². The number of anilines is 2. The monoisotopic (exact) mass is 270 g/mol. The first-order valence-electron chi connectivity index (χ1n) is 6.99. The van der Waals surface area contributed by atoms with Crippen LogP contribution in [0.3, 0.4) is 0 Å². The molecule has 1 aliphatic heterocycles. The van der Waals surface area contributed by atoms with Crippen molar-refractivity contribution in [1.29, 1.82) is 0 Å². The van der Waals surface area contributed by atoms with Crippen molar-refractivity contribution >= 4 is 17.3 Å². The molecule has 0 unspecified atom stereocenters. The first kappa shape index (κ1) is 12.8. The maximum atomic E-state index is 11.3. The lowest BCUT2D eigenvalue weighted by Crippen LogP contribution is -2.18. The van der Waals surface area contributed by atoms with Crippen LogP contribution in [-0.2, 0) is 24.2 Å². The molecular weight excluding hydrogens is 252 g/mol. The third kappa shape index (κ3) is 2.69. The maximum Gasteiger partial charge on any atom is 0.224 e. The number of aryl methyl sites for hydroxylation is 2. The van der Waals surface area contributed by atoms with E-state index in [-0.39, 0.29) is 5.91 Å². The lowest BCUT2D eigenvalue weighted by molar-refractivity contribution is -0.116. The zero-order chi connectivity index (χ0) is 13.9. The van der Waals surface area contributed by atoms with Crippen molar-refractivity contribution in [3.63, 3.8) is 0 Å². The van der Waals surface area contributed by atoms with Gasteiger partial charge in [0.05, 0.1) is 6.54 Å². The number of rotatable bonds is 4. The van der Waals surface area contributed by atoms with Crippen LogP contribution in [0.5, 0.6) is 0 Å². The molecule has 1 aromatic carbocycles. The molecule has 0 fully saturated rings. The molecule has 1 aromatic heterocycles. The van der Waals surface area contributed by atoms with E-state index in [1.54, 1.807) is 0 Å². The molecule has 0 aliphatic carbocycles. The molecule has 2 aromatic rings. The highest BCUT2D eigenvalue weighted by atomic mass is 16.3. The van der Waals surface area contributed by atoms with E-state index in [9.17, 15) is 4.79 Å². The van der Waals surface area contributed by atoms with Crippen LogP contribution in [0.1, 0.15) is 30.4 Å². The third-order valence-electron chi connectivity index (χ3n) is 3.53. The van der Waals surface area contributed by atoms with E-state index < -0.39 is 0 Å². The summed E-state index contributed by atoms with van der Waals surface area (Å²) in [7, 11) is 0. The Balaban J connectivity index is 1.67. The van der Waals surface area contributed by atoms with Crippen LogP contribution < -0.4 is 10.6 Å². The van der Waals surface area contributed by atoms with Crippen LogP contribution in [0.25, 0.3) is 0 Å². The number of furan rings is 1. The largest absolute Gasteiger partial charge is 0.464 e. The molecule has 0 radical (unpaired) electrons. The Morgan fingerprint density at radius 1 is 1.20 bits per heavy atom. The van der Waals surface area contributed by atoms with Gasteiger partial charge < -0.3 is 15.1 Å². The van der Waals surface area contributed by atoms with E-state index in [0.717, 1.165) is 35.7 Å². The Kier molecular flexibility index (Phi) is 3.46. The molecule has 0 atom stereocenters. The van der Waals surface area contributed by atoms with Crippen molar-refractivity contribution in [3.05, 3.63) is 47.4 Å². The summed E-state index contributed by atoms with van der Waals surface area (Å²) in [5, 5.41) is 6.24. The number of benzene rings is 1. The molecule has 3 rings (SSSR count). The molecule has 104 valence electrons. The number of fused-ring (bicyclic) bond motifs is 1. The second kappa shape index (κ2) is 5.41. The topological polar surface area (TPSA) is 54.3 Å². The number of amides is 1. The van der Waals surface area contributed by atoms with E-state index in [4.69, 9.17) is 4.42 Å². The fourth-order valence-corrected chi connectivity index (χ4v) is 2.39. The SMILES string of the molecule is CCc1ccc(CNc2ccc3c(c2)CCC(=O)N3)o1. The lowest BCUT2D eigenvalue weighted by Gasteiger charge is -2.17. The Morgan fingerprint density at radius 2 is 2.05 bits per heavy atom. The van der Waals surface area contributed by atoms with Gasteiger partial charge >= 0.3 is 0 Å². The summed E-state index contributed by atoms with van der Waals surface area (Å²) < 4.78 is 5.66. The fraction of sp³-hybridized carbons (Fsp3) is 0.312. The van der Waals surface area contributed by atoms with Crippen molar-refractivity contribution in [2.24, 2.45) is 0 Å². The Hall–Kier alpha value is -2.23. The first-order chi connectivity index (χ1) is 9.74. The third-order valence-corrected chi connectivity index (χ3v) is 3.53. The van der Waals surface area contributed by atoms with Crippen molar-refractivity contribution in [3.8, 4) is 0 Å². The molecular formula is C16H18N2O2. The minimum absolute atomic E-state index is 0.0980. The predicted molar refractivity (Wildman–Crippen MR) is 78.8 cm³/mol. The fourth-order valence-electron chi connectivity index (χ4n) is 2.39. The van der Waals surface area contributed by atoms with Gasteiger partial charge in [-0.25, -0.2) is 0 Å². The summed E-state index contributed by atoms with van der Waals surface area (Å²) in [6.45, 7) is 2.75. The molecule has 1 aliphatic rings. The van der Waals surface area contributed by atoms with E-state index in [0.29, 0.717) is 13.0 Å². The highest BCUT2D eigenvalue weighted by molar-refractivity contribution is 5.94. The molecule has 0 bridgehead atoms. The van der Waals surface area contributed by atoms with Crippen LogP contribution in [0.2, 0.25) is 0 Å². The van der Waals surface area contributed by atoms with Gasteiger partial charge in [0, 0.05) is 24.2 Å². The van der Waals surface area contributed by atoms with Gasteiger partial charge in [0.15, 0.2) is 0 Å². The van der Waals surface area contributed by atoms with Gasteiger partial charge in [-0.3, -0.25) is 4.79 Å². The zero-order valence-corrected chi connectivity index (χ0v) is 11.5. The van der Waals surface area contributed by atoms with Crippen LogP contribution in [0.15, 0.2) is 34.7 Å². The second-order valence-electron chi connectivity index (χ2n) is 5.00. The van der Waals surface area contributed by atoms with Crippen LogP contribution in [0, 0.1) is 0 Å². The van der Waals surface area contributed by atoms with Crippen LogP contribution in [-0.4, -0.2) is 5.91 Å². The lowest BCUT2D eigenvalue weighted by atomic mass is 10.0. The number of hydrogen-bond acceptors (Lipinski definition) is 3. The number of hydrogen-bond donors (Lipinski definition) is 2. The van der Waals surface area contributed by atoms with Crippen molar-refractivity contribution < 1.29 is 9.21 Å². The minimum Gasteiger partial charge on any atom is -0.464 e. The van der Waals surface area contributed by atoms with E-state index in [2.05, 4.69) is 23.6 Å². The summed E-state index contributed by atoms with van der Waals surface area (Å²) in [4.78, 5) is 11.3. The molecule has 2 heterocycles. The summed E-state index contributed by atoms with van der Waals surface area (Å²) in [6.07, 6.45) is 2.28. The molecule has 0 saturated heterocycles. The number of nitrogens with one attached hydrogen (secondary N) is 2. The van der Waals surface area contributed by atoms with Gasteiger partial charge in [-0.05, 0) is 42.3 Å². The predicted octanol–water partition coefficient (Wildman–Crippen LogP) is 3.34. The van der Waals surface area contributed by atoms with Crippen molar-refractivity contribution in [2.45, 2.75) is 32.7 Å². The summed E-state index contributed by atoms with van der Waals surface area (Å²) in [5.41, 5.74) is 3.16. The van der Waals surface area contributed by atoms with Crippen molar-refractivity contribution in [2.75, 3.05) is 10.6 Å². The highest BCUT2D eigenvalue weighted by Crippen LogP contribution is 2.26. The van der Waals surface area contributed by atoms with Crippen LogP contribution in [0.4, 0.5) is 11.4 Å². The molecule has 1 amide bonds. The maximum absolute atomic E-state index is 11.3. The van der Waals surface area contributed by atoms with Gasteiger partial charge in [-0.1, -0.05) is 6.92 Å². The van der Waals surface area contributed by atoms with Gasteiger partial charge in [0.2, 0.25) is 5.91 Å². The van der Waals surface area contributed by atoms with Gasteiger partial charge in [-0.15, -0.1) is 0 Å². The second-order valence-corrected chi connectivity index (χ2v) is 5.00. The Labute approximate surface area is 118 Å². The summed E-state index contributed by atoms with van der Waals surface area (Å²) >= 11 is 0. The summed E-state index contributed by atoms with van der Waals surface area (Å²) in [5.74, 6) is 2.05. The molecule has 4 nitrogen and oxygen atoms in total. The smallest absolute Gasteiger partial charge is 0.224 e. The summed E-state index contributed by atoms with van der Waals surface area (Å²) in [6, 6.07) is 10.0. The Morgan fingerprint density at radius 3 is 2.85 bits per heavy atom. The first-order valence-corrected chi connectivity index (χ1v) is 6.99. The van der Waals surface area contributed by atoms with E-state index in [1.807, 2.05) is 24.3 Å². The number of carbonyl (C=O) groups is 1. The molecule has 2 N–H and O–H groups in total. The molecule has 4 heteroatoms. The average molecular weight is 270 g/mol. The van der Waals surface area contributed by atoms with Gasteiger partial charge in [0.25, 0.3) is 0 Å². The van der Waals surface area contributed by atoms with Gasteiger partial charge in [-0.2, -0.15) is 0 Å². The number of carbonyl (C=O) groups excluding carboxylic acids is 1. The molecule has 20 heavy (non-hydrogen) atoms. The van der Waals surface area contributed by atoms with Crippen molar-refractivity contribution in [1.82, 2.24) is 0 Å². The normalized spacial score (nSPS) is 13.8. The zero-order valence-electron chi connectivity index (χ0n) is 11.5. The van der Waals surface area contributed by atoms with E-state index >= 15 is 0 Å². The average Bonchev–Trinajstić information content (AvgIpc) is 2.93. The quantitative estimate of drug-likeness (QED) is 0.896.